The fraction of sp³-hybridized carbons (Fsp3) is 0.250. The van der Waals surface area contributed by atoms with Crippen LogP contribution in [0.25, 0.3) is 11.3 Å². The second kappa shape index (κ2) is 5.23. The van der Waals surface area contributed by atoms with Gasteiger partial charge in [-0.3, -0.25) is 0 Å². The van der Waals surface area contributed by atoms with E-state index in [0.29, 0.717) is 5.82 Å². The van der Waals surface area contributed by atoms with Crippen LogP contribution < -0.4 is 5.73 Å². The summed E-state index contributed by atoms with van der Waals surface area (Å²) in [7, 11) is 0. The summed E-state index contributed by atoms with van der Waals surface area (Å²) in [5.74, 6) is 1.23. The van der Waals surface area contributed by atoms with Crippen LogP contribution in [0.3, 0.4) is 0 Å². The molecular formula is C12H12Br2N2O. The number of aromatic nitrogens is 1. The monoisotopic (exact) mass is 358 g/mol. The first-order valence-corrected chi connectivity index (χ1v) is 6.91. The van der Waals surface area contributed by atoms with Crippen LogP contribution in [0.4, 0.5) is 5.82 Å². The SMILES string of the molecule is CCCc1c(N)noc1-c1cc(Br)ccc1Br. The molecule has 0 fully saturated rings. The summed E-state index contributed by atoms with van der Waals surface area (Å²) in [6, 6.07) is 5.92. The third-order valence-electron chi connectivity index (χ3n) is 2.49. The van der Waals surface area contributed by atoms with Crippen LogP contribution in [0.2, 0.25) is 0 Å². The number of halogens is 2. The molecule has 1 heterocycles. The minimum atomic E-state index is 0.480. The maximum atomic E-state index is 5.82. The van der Waals surface area contributed by atoms with Crippen LogP contribution in [0.1, 0.15) is 18.9 Å². The van der Waals surface area contributed by atoms with Crippen LogP contribution in [0.5, 0.6) is 0 Å². The summed E-state index contributed by atoms with van der Waals surface area (Å²) < 4.78 is 7.30. The Hall–Kier alpha value is -0.810. The van der Waals surface area contributed by atoms with Crippen molar-refractivity contribution >= 4 is 37.7 Å². The minimum absolute atomic E-state index is 0.480. The molecule has 0 radical (unpaired) electrons. The van der Waals surface area contributed by atoms with Crippen molar-refractivity contribution < 1.29 is 4.52 Å². The fourth-order valence-electron chi connectivity index (χ4n) is 1.70. The molecule has 90 valence electrons. The fourth-order valence-corrected chi connectivity index (χ4v) is 2.48. The van der Waals surface area contributed by atoms with E-state index < -0.39 is 0 Å². The average Bonchev–Trinajstić information content (AvgIpc) is 2.65. The zero-order chi connectivity index (χ0) is 12.4. The second-order valence-electron chi connectivity index (χ2n) is 3.75. The van der Waals surface area contributed by atoms with E-state index in [9.17, 15) is 0 Å². The van der Waals surface area contributed by atoms with Gasteiger partial charge in [0.05, 0.1) is 0 Å². The molecule has 1 aromatic heterocycles. The lowest BCUT2D eigenvalue weighted by Gasteiger charge is -2.04. The van der Waals surface area contributed by atoms with Gasteiger partial charge in [0.25, 0.3) is 0 Å². The zero-order valence-electron chi connectivity index (χ0n) is 9.34. The number of hydrogen-bond donors (Lipinski definition) is 1. The summed E-state index contributed by atoms with van der Waals surface area (Å²) in [6.07, 6.45) is 1.87. The highest BCUT2D eigenvalue weighted by molar-refractivity contribution is 9.11. The Bertz CT molecular complexity index is 537. The first-order valence-electron chi connectivity index (χ1n) is 5.33. The Morgan fingerprint density at radius 1 is 1.35 bits per heavy atom. The van der Waals surface area contributed by atoms with E-state index in [1.807, 2.05) is 18.2 Å². The third kappa shape index (κ3) is 2.55. The molecule has 2 rings (SSSR count). The van der Waals surface area contributed by atoms with Crippen LogP contribution >= 0.6 is 31.9 Å². The topological polar surface area (TPSA) is 52.0 Å². The zero-order valence-corrected chi connectivity index (χ0v) is 12.5. The Morgan fingerprint density at radius 2 is 2.12 bits per heavy atom. The number of benzene rings is 1. The van der Waals surface area contributed by atoms with E-state index in [1.54, 1.807) is 0 Å². The van der Waals surface area contributed by atoms with Crippen molar-refractivity contribution in [2.24, 2.45) is 0 Å². The van der Waals surface area contributed by atoms with Crippen molar-refractivity contribution in [2.75, 3.05) is 5.73 Å². The maximum Gasteiger partial charge on any atom is 0.173 e. The number of anilines is 1. The van der Waals surface area contributed by atoms with Crippen molar-refractivity contribution in [3.8, 4) is 11.3 Å². The summed E-state index contributed by atoms with van der Waals surface area (Å²) in [4.78, 5) is 0. The Kier molecular flexibility index (Phi) is 3.89. The summed E-state index contributed by atoms with van der Waals surface area (Å²) in [6.45, 7) is 2.10. The van der Waals surface area contributed by atoms with Crippen molar-refractivity contribution in [2.45, 2.75) is 19.8 Å². The van der Waals surface area contributed by atoms with E-state index in [2.05, 4.69) is 43.9 Å². The molecule has 0 bridgehead atoms. The lowest BCUT2D eigenvalue weighted by Crippen LogP contribution is -1.93. The van der Waals surface area contributed by atoms with Gasteiger partial charge < -0.3 is 10.3 Å². The first-order chi connectivity index (χ1) is 8.13. The van der Waals surface area contributed by atoms with E-state index in [-0.39, 0.29) is 0 Å². The maximum absolute atomic E-state index is 5.82. The van der Waals surface area contributed by atoms with Crippen molar-refractivity contribution in [3.05, 3.63) is 32.7 Å². The first kappa shape index (κ1) is 12.6. The quantitative estimate of drug-likeness (QED) is 0.883. The standard InChI is InChI=1S/C12H12Br2N2O/c1-2-3-8-11(17-16-12(8)15)9-6-7(13)4-5-10(9)14/h4-6H,2-3H2,1H3,(H2,15,16). The summed E-state index contributed by atoms with van der Waals surface area (Å²) in [5.41, 5.74) is 7.76. The molecule has 0 saturated heterocycles. The molecule has 0 aliphatic rings. The number of nitrogens with two attached hydrogens (primary N) is 1. The Balaban J connectivity index is 2.56. The Morgan fingerprint density at radius 3 is 2.82 bits per heavy atom. The molecular weight excluding hydrogens is 348 g/mol. The van der Waals surface area contributed by atoms with E-state index >= 15 is 0 Å². The van der Waals surface area contributed by atoms with Gasteiger partial charge in [0.2, 0.25) is 0 Å². The lowest BCUT2D eigenvalue weighted by molar-refractivity contribution is 0.434. The molecule has 0 saturated carbocycles. The van der Waals surface area contributed by atoms with Gasteiger partial charge in [-0.25, -0.2) is 0 Å². The van der Waals surface area contributed by atoms with Gasteiger partial charge in [0.15, 0.2) is 11.6 Å². The average molecular weight is 360 g/mol. The molecule has 2 aromatic rings. The van der Waals surface area contributed by atoms with Gasteiger partial charge in [-0.15, -0.1) is 0 Å². The smallest absolute Gasteiger partial charge is 0.173 e. The molecule has 3 nitrogen and oxygen atoms in total. The normalized spacial score (nSPS) is 10.8. The number of nitrogen functional groups attached to an aromatic ring is 1. The van der Waals surface area contributed by atoms with Crippen molar-refractivity contribution in [1.82, 2.24) is 5.16 Å². The highest BCUT2D eigenvalue weighted by atomic mass is 79.9. The van der Waals surface area contributed by atoms with Crippen molar-refractivity contribution in [3.63, 3.8) is 0 Å². The minimum Gasteiger partial charge on any atom is -0.381 e. The molecule has 0 amide bonds. The van der Waals surface area contributed by atoms with Gasteiger partial charge in [0.1, 0.15) is 0 Å². The molecule has 0 spiro atoms. The van der Waals surface area contributed by atoms with Gasteiger partial charge >= 0.3 is 0 Å². The summed E-state index contributed by atoms with van der Waals surface area (Å²) in [5, 5.41) is 3.85. The van der Waals surface area contributed by atoms with Crippen LogP contribution in [0, 0.1) is 0 Å². The molecule has 0 unspecified atom stereocenters. The lowest BCUT2D eigenvalue weighted by atomic mass is 10.1. The molecule has 0 aliphatic heterocycles. The van der Waals surface area contributed by atoms with Crippen LogP contribution in [-0.2, 0) is 6.42 Å². The van der Waals surface area contributed by atoms with Gasteiger partial charge in [-0.1, -0.05) is 50.4 Å². The molecule has 5 heteroatoms. The van der Waals surface area contributed by atoms with E-state index in [1.165, 1.54) is 0 Å². The number of hydrogen-bond acceptors (Lipinski definition) is 3. The molecule has 2 N–H and O–H groups in total. The molecule has 17 heavy (non-hydrogen) atoms. The van der Waals surface area contributed by atoms with Crippen molar-refractivity contribution in [1.29, 1.82) is 0 Å². The van der Waals surface area contributed by atoms with Gasteiger partial charge in [-0.2, -0.15) is 0 Å². The van der Waals surface area contributed by atoms with Gasteiger partial charge in [-0.05, 0) is 24.6 Å². The van der Waals surface area contributed by atoms with Crippen LogP contribution in [-0.4, -0.2) is 5.16 Å². The molecule has 0 atom stereocenters. The number of rotatable bonds is 3. The third-order valence-corrected chi connectivity index (χ3v) is 3.68. The highest BCUT2D eigenvalue weighted by Gasteiger charge is 2.17. The summed E-state index contributed by atoms with van der Waals surface area (Å²) >= 11 is 6.96. The van der Waals surface area contributed by atoms with E-state index in [0.717, 1.165) is 38.7 Å². The molecule has 1 aromatic carbocycles. The molecule has 0 aliphatic carbocycles. The van der Waals surface area contributed by atoms with Crippen LogP contribution in [0.15, 0.2) is 31.7 Å². The second-order valence-corrected chi connectivity index (χ2v) is 5.52. The number of nitrogens with zero attached hydrogens (tertiary/aromatic N) is 1. The predicted molar refractivity (Wildman–Crippen MR) is 75.7 cm³/mol. The van der Waals surface area contributed by atoms with E-state index in [4.69, 9.17) is 10.3 Å². The largest absolute Gasteiger partial charge is 0.381 e. The predicted octanol–water partition coefficient (Wildman–Crippen LogP) is 4.40. The Labute approximate surface area is 117 Å². The highest BCUT2D eigenvalue weighted by Crippen LogP contribution is 2.35. The van der Waals surface area contributed by atoms with Gasteiger partial charge in [0, 0.05) is 20.1 Å².